The second-order valence-corrected chi connectivity index (χ2v) is 6.94. The van der Waals surface area contributed by atoms with Crippen molar-refractivity contribution in [3.8, 4) is 17.1 Å². The summed E-state index contributed by atoms with van der Waals surface area (Å²) in [5.41, 5.74) is 1.23. The summed E-state index contributed by atoms with van der Waals surface area (Å²) < 4.78 is 5.83. The molecule has 136 valence electrons. The van der Waals surface area contributed by atoms with Crippen molar-refractivity contribution in [2.75, 3.05) is 31.1 Å². The first-order chi connectivity index (χ1) is 12.5. The summed E-state index contributed by atoms with van der Waals surface area (Å²) in [6.45, 7) is 4.24. The maximum Gasteiger partial charge on any atom is 0.246 e. The second kappa shape index (κ2) is 6.57. The first-order valence-electron chi connectivity index (χ1n) is 8.84. The number of hydrogen-bond acceptors (Lipinski definition) is 6. The van der Waals surface area contributed by atoms with Gasteiger partial charge in [-0.05, 0) is 31.9 Å². The third kappa shape index (κ3) is 3.22. The molecule has 0 radical (unpaired) electrons. The number of nitrogens with zero attached hydrogens (tertiary/aromatic N) is 3. The van der Waals surface area contributed by atoms with E-state index in [0.717, 1.165) is 37.4 Å². The molecule has 1 amide bonds. The number of anilines is 1. The van der Waals surface area contributed by atoms with Gasteiger partial charge >= 0.3 is 0 Å². The minimum atomic E-state index is -0.257. The average molecular weight is 354 g/mol. The van der Waals surface area contributed by atoms with Crippen LogP contribution in [0.2, 0.25) is 0 Å². The molecule has 7 nitrogen and oxygen atoms in total. The van der Waals surface area contributed by atoms with E-state index < -0.39 is 0 Å². The molecule has 1 spiro atoms. The molecule has 0 saturated carbocycles. The van der Waals surface area contributed by atoms with E-state index in [2.05, 4.69) is 20.2 Å². The summed E-state index contributed by atoms with van der Waals surface area (Å²) in [6, 6.07) is 9.06. The number of piperidine rings is 1. The lowest BCUT2D eigenvalue weighted by Crippen LogP contribution is -2.57. The molecule has 0 bridgehead atoms. The Hall–Kier alpha value is -2.67. The van der Waals surface area contributed by atoms with E-state index >= 15 is 0 Å². The van der Waals surface area contributed by atoms with E-state index in [0.29, 0.717) is 17.9 Å². The molecule has 0 unspecified atom stereocenters. The minimum absolute atomic E-state index is 0.0446. The van der Waals surface area contributed by atoms with Crippen LogP contribution in [-0.2, 0) is 9.53 Å². The monoisotopic (exact) mass is 354 g/mol. The Morgan fingerprint density at radius 2 is 2.00 bits per heavy atom. The summed E-state index contributed by atoms with van der Waals surface area (Å²) >= 11 is 0. The highest BCUT2D eigenvalue weighted by molar-refractivity contribution is 5.78. The van der Waals surface area contributed by atoms with Crippen molar-refractivity contribution in [3.63, 3.8) is 0 Å². The van der Waals surface area contributed by atoms with E-state index in [1.165, 1.54) is 0 Å². The predicted octanol–water partition coefficient (Wildman–Crippen LogP) is 1.64. The van der Waals surface area contributed by atoms with Crippen molar-refractivity contribution in [1.82, 2.24) is 15.3 Å². The molecule has 2 aliphatic rings. The molecule has 1 aromatic carbocycles. The molecule has 2 aliphatic heterocycles. The first-order valence-corrected chi connectivity index (χ1v) is 8.84. The zero-order valence-electron chi connectivity index (χ0n) is 14.7. The first kappa shape index (κ1) is 16.8. The lowest BCUT2D eigenvalue weighted by molar-refractivity contribution is -0.146. The number of phenolic OH excluding ortho intramolecular Hbond substituents is 1. The summed E-state index contributed by atoms with van der Waals surface area (Å²) in [5.74, 6) is 1.51. The number of benzene rings is 1. The van der Waals surface area contributed by atoms with Crippen molar-refractivity contribution in [2.24, 2.45) is 0 Å². The largest absolute Gasteiger partial charge is 0.507 e. The molecule has 7 heteroatoms. The quantitative estimate of drug-likeness (QED) is 0.853. The van der Waals surface area contributed by atoms with Gasteiger partial charge in [0.05, 0.1) is 11.2 Å². The van der Waals surface area contributed by atoms with E-state index in [4.69, 9.17) is 4.74 Å². The van der Waals surface area contributed by atoms with Crippen LogP contribution in [0.4, 0.5) is 5.82 Å². The number of morpholine rings is 1. The van der Waals surface area contributed by atoms with Crippen molar-refractivity contribution < 1.29 is 14.6 Å². The summed E-state index contributed by atoms with van der Waals surface area (Å²) in [6.07, 6.45) is 1.67. The van der Waals surface area contributed by atoms with Gasteiger partial charge in [-0.2, -0.15) is 0 Å². The third-order valence-electron chi connectivity index (χ3n) is 5.10. The number of ether oxygens (including phenoxy) is 1. The van der Waals surface area contributed by atoms with Gasteiger partial charge in [0.1, 0.15) is 18.2 Å². The molecule has 3 heterocycles. The van der Waals surface area contributed by atoms with Crippen molar-refractivity contribution in [3.05, 3.63) is 36.0 Å². The second-order valence-electron chi connectivity index (χ2n) is 6.94. The van der Waals surface area contributed by atoms with E-state index in [1.54, 1.807) is 12.1 Å². The molecule has 1 aromatic heterocycles. The number of carbonyl (C=O) groups excluding carboxylic acids is 1. The number of aryl methyl sites for hydroxylation is 1. The van der Waals surface area contributed by atoms with E-state index in [-0.39, 0.29) is 23.9 Å². The zero-order chi connectivity index (χ0) is 18.1. The number of amides is 1. The Balaban J connectivity index is 1.54. The Labute approximate surface area is 152 Å². The molecule has 4 rings (SSSR count). The number of rotatable bonds is 2. The van der Waals surface area contributed by atoms with Crippen LogP contribution in [0.5, 0.6) is 5.75 Å². The number of phenols is 1. The highest BCUT2D eigenvalue weighted by atomic mass is 16.5. The highest BCUT2D eigenvalue weighted by Crippen LogP contribution is 2.32. The molecule has 0 atom stereocenters. The fourth-order valence-corrected chi connectivity index (χ4v) is 3.54. The van der Waals surface area contributed by atoms with Crippen LogP contribution in [0.25, 0.3) is 11.4 Å². The van der Waals surface area contributed by atoms with E-state index in [9.17, 15) is 9.90 Å². The Bertz CT molecular complexity index is 819. The molecule has 2 fully saturated rings. The van der Waals surface area contributed by atoms with E-state index in [1.807, 2.05) is 25.1 Å². The maximum absolute atomic E-state index is 11.3. The van der Waals surface area contributed by atoms with Crippen LogP contribution >= 0.6 is 0 Å². The van der Waals surface area contributed by atoms with Gasteiger partial charge < -0.3 is 20.1 Å². The predicted molar refractivity (Wildman–Crippen MR) is 97.0 cm³/mol. The number of aromatic nitrogens is 2. The standard InChI is InChI=1S/C19H22N4O3/c1-13-10-16(22-18(21-13)14-4-2-3-5-15(14)24)23-8-6-19(7-9-23)12-20-17(25)11-26-19/h2-5,10,24H,6-9,11-12H2,1H3,(H,20,25). The van der Waals surface area contributed by atoms with Gasteiger partial charge in [-0.15, -0.1) is 0 Å². The average Bonchev–Trinajstić information content (AvgIpc) is 2.65. The summed E-state index contributed by atoms with van der Waals surface area (Å²) in [4.78, 5) is 22.7. The van der Waals surface area contributed by atoms with Gasteiger partial charge in [0.15, 0.2) is 5.82 Å². The Morgan fingerprint density at radius 1 is 1.23 bits per heavy atom. The minimum Gasteiger partial charge on any atom is -0.507 e. The number of para-hydroxylation sites is 1. The maximum atomic E-state index is 11.3. The Morgan fingerprint density at radius 3 is 2.69 bits per heavy atom. The van der Waals surface area contributed by atoms with Crippen LogP contribution in [0.1, 0.15) is 18.5 Å². The third-order valence-corrected chi connectivity index (χ3v) is 5.10. The number of aromatic hydroxyl groups is 1. The smallest absolute Gasteiger partial charge is 0.246 e. The normalized spacial score (nSPS) is 19.4. The number of nitrogens with one attached hydrogen (secondary N) is 1. The van der Waals surface area contributed by atoms with Gasteiger partial charge in [0.25, 0.3) is 0 Å². The van der Waals surface area contributed by atoms with Crippen LogP contribution in [0.3, 0.4) is 0 Å². The molecular formula is C19H22N4O3. The van der Waals surface area contributed by atoms with Crippen molar-refractivity contribution in [2.45, 2.75) is 25.4 Å². The Kier molecular flexibility index (Phi) is 4.24. The molecule has 2 aromatic rings. The zero-order valence-corrected chi connectivity index (χ0v) is 14.7. The van der Waals surface area contributed by atoms with Crippen molar-refractivity contribution in [1.29, 1.82) is 0 Å². The van der Waals surface area contributed by atoms with Gasteiger partial charge in [0, 0.05) is 31.4 Å². The lowest BCUT2D eigenvalue weighted by Gasteiger charge is -2.44. The number of carbonyl (C=O) groups is 1. The topological polar surface area (TPSA) is 87.6 Å². The van der Waals surface area contributed by atoms with Crippen LogP contribution in [0.15, 0.2) is 30.3 Å². The van der Waals surface area contributed by atoms with Crippen LogP contribution in [0, 0.1) is 6.92 Å². The fourth-order valence-electron chi connectivity index (χ4n) is 3.54. The molecule has 26 heavy (non-hydrogen) atoms. The molecular weight excluding hydrogens is 332 g/mol. The SMILES string of the molecule is Cc1cc(N2CCC3(CC2)CNC(=O)CO3)nc(-c2ccccc2O)n1. The fraction of sp³-hybridized carbons (Fsp3) is 0.421. The molecule has 2 saturated heterocycles. The summed E-state index contributed by atoms with van der Waals surface area (Å²) in [5, 5.41) is 13.0. The van der Waals surface area contributed by atoms with Crippen molar-refractivity contribution >= 4 is 11.7 Å². The van der Waals surface area contributed by atoms with Gasteiger partial charge in [-0.1, -0.05) is 12.1 Å². The van der Waals surface area contributed by atoms with Gasteiger partial charge in [-0.3, -0.25) is 4.79 Å². The lowest BCUT2D eigenvalue weighted by atomic mass is 9.90. The highest BCUT2D eigenvalue weighted by Gasteiger charge is 2.39. The van der Waals surface area contributed by atoms with Crippen LogP contribution in [-0.4, -0.2) is 52.8 Å². The molecule has 2 N–H and O–H groups in total. The van der Waals surface area contributed by atoms with Crippen LogP contribution < -0.4 is 10.2 Å². The summed E-state index contributed by atoms with van der Waals surface area (Å²) in [7, 11) is 0. The van der Waals surface area contributed by atoms with Gasteiger partial charge in [-0.25, -0.2) is 9.97 Å². The van der Waals surface area contributed by atoms with Gasteiger partial charge in [0.2, 0.25) is 5.91 Å². The molecule has 0 aliphatic carbocycles. The number of hydrogen-bond donors (Lipinski definition) is 2.